The van der Waals surface area contributed by atoms with Crippen molar-refractivity contribution in [3.8, 4) is 0 Å². The molecule has 0 bridgehead atoms. The Bertz CT molecular complexity index is 1060. The molecule has 0 aliphatic heterocycles. The largest absolute Gasteiger partial charge is 0.345 e. The third-order valence-corrected chi connectivity index (χ3v) is 6.66. The minimum atomic E-state index is -0.0973. The number of rotatable bonds is 10. The van der Waals surface area contributed by atoms with Crippen LogP contribution >= 0.6 is 22.9 Å². The minimum Gasteiger partial charge on any atom is -0.345 e. The number of hydrogen-bond acceptors (Lipinski definition) is 3. The summed E-state index contributed by atoms with van der Waals surface area (Å²) in [5.41, 5.74) is 2.07. The topological polar surface area (TPSA) is 45.6 Å². The standard InChI is InChI=1S/C26H32ClN3O2S/c1-19(2)15-29(25(31)18-30(20(3)4)26(32)24-12-8-14-33-24)17-22-10-7-13-28(22)16-21-9-5-6-11-23(21)27/h5-14,19-20H,15-18H2,1-4H3. The number of benzene rings is 1. The molecule has 0 saturated heterocycles. The Kier molecular flexibility index (Phi) is 8.75. The van der Waals surface area contributed by atoms with Gasteiger partial charge in [-0.15, -0.1) is 11.3 Å². The molecule has 1 aromatic carbocycles. The number of aromatic nitrogens is 1. The predicted octanol–water partition coefficient (Wildman–Crippen LogP) is 5.79. The van der Waals surface area contributed by atoms with Crippen molar-refractivity contribution in [3.05, 3.63) is 81.3 Å². The fraction of sp³-hybridized carbons (Fsp3) is 0.385. The highest BCUT2D eigenvalue weighted by Gasteiger charge is 2.26. The van der Waals surface area contributed by atoms with Crippen LogP contribution in [0.4, 0.5) is 0 Å². The van der Waals surface area contributed by atoms with E-state index in [0.29, 0.717) is 30.4 Å². The van der Waals surface area contributed by atoms with Gasteiger partial charge in [0.1, 0.15) is 6.54 Å². The van der Waals surface area contributed by atoms with Crippen molar-refractivity contribution in [2.45, 2.75) is 46.8 Å². The maximum Gasteiger partial charge on any atom is 0.264 e. The number of amides is 2. The van der Waals surface area contributed by atoms with Crippen LogP contribution in [-0.4, -0.2) is 45.3 Å². The van der Waals surface area contributed by atoms with E-state index < -0.39 is 0 Å². The summed E-state index contributed by atoms with van der Waals surface area (Å²) in [6.07, 6.45) is 2.01. The van der Waals surface area contributed by atoms with Crippen LogP contribution in [0, 0.1) is 5.92 Å². The highest BCUT2D eigenvalue weighted by molar-refractivity contribution is 7.12. The monoisotopic (exact) mass is 485 g/mol. The molecule has 0 unspecified atom stereocenters. The van der Waals surface area contributed by atoms with Crippen LogP contribution < -0.4 is 0 Å². The summed E-state index contributed by atoms with van der Waals surface area (Å²) in [4.78, 5) is 30.6. The minimum absolute atomic E-state index is 0.0483. The molecule has 0 N–H and O–H groups in total. The maximum atomic E-state index is 13.4. The smallest absolute Gasteiger partial charge is 0.264 e. The van der Waals surface area contributed by atoms with Gasteiger partial charge in [-0.3, -0.25) is 9.59 Å². The first-order valence-electron chi connectivity index (χ1n) is 11.3. The summed E-state index contributed by atoms with van der Waals surface area (Å²) in [7, 11) is 0. The molecule has 176 valence electrons. The van der Waals surface area contributed by atoms with Crippen molar-refractivity contribution in [1.29, 1.82) is 0 Å². The van der Waals surface area contributed by atoms with Gasteiger partial charge in [0.25, 0.3) is 5.91 Å². The molecule has 0 fully saturated rings. The maximum absolute atomic E-state index is 13.4. The lowest BCUT2D eigenvalue weighted by Crippen LogP contribution is -2.46. The fourth-order valence-corrected chi connectivity index (χ4v) is 4.60. The van der Waals surface area contributed by atoms with Gasteiger partial charge in [0, 0.05) is 36.0 Å². The number of carbonyl (C=O) groups is 2. The van der Waals surface area contributed by atoms with E-state index in [1.165, 1.54) is 11.3 Å². The van der Waals surface area contributed by atoms with Gasteiger partial charge < -0.3 is 14.4 Å². The first kappa shape index (κ1) is 25.1. The van der Waals surface area contributed by atoms with E-state index in [-0.39, 0.29) is 24.4 Å². The average molecular weight is 486 g/mol. The van der Waals surface area contributed by atoms with E-state index in [0.717, 1.165) is 16.3 Å². The van der Waals surface area contributed by atoms with Crippen molar-refractivity contribution in [1.82, 2.24) is 14.4 Å². The molecule has 0 radical (unpaired) electrons. The molecular weight excluding hydrogens is 454 g/mol. The van der Waals surface area contributed by atoms with Crippen LogP contribution in [0.15, 0.2) is 60.1 Å². The highest BCUT2D eigenvalue weighted by atomic mass is 35.5. The van der Waals surface area contributed by atoms with Crippen LogP contribution in [0.5, 0.6) is 0 Å². The SMILES string of the molecule is CC(C)CN(Cc1cccn1Cc1ccccc1Cl)C(=O)CN(C(=O)c1cccs1)C(C)C. The molecule has 0 saturated carbocycles. The van der Waals surface area contributed by atoms with Gasteiger partial charge in [0.2, 0.25) is 5.91 Å². The number of thiophene rings is 1. The Balaban J connectivity index is 1.77. The third kappa shape index (κ3) is 6.71. The second kappa shape index (κ2) is 11.5. The van der Waals surface area contributed by atoms with Gasteiger partial charge in [-0.25, -0.2) is 0 Å². The Morgan fingerprint density at radius 1 is 1.03 bits per heavy atom. The lowest BCUT2D eigenvalue weighted by atomic mass is 10.2. The molecule has 0 atom stereocenters. The van der Waals surface area contributed by atoms with Crippen molar-refractivity contribution >= 4 is 34.8 Å². The first-order chi connectivity index (χ1) is 15.8. The fourth-order valence-electron chi connectivity index (χ4n) is 3.72. The van der Waals surface area contributed by atoms with Gasteiger partial charge in [-0.05, 0) is 55.0 Å². The number of halogens is 1. The third-order valence-electron chi connectivity index (χ3n) is 5.43. The van der Waals surface area contributed by atoms with E-state index in [9.17, 15) is 9.59 Å². The van der Waals surface area contributed by atoms with Crippen LogP contribution in [0.25, 0.3) is 0 Å². The highest BCUT2D eigenvalue weighted by Crippen LogP contribution is 2.19. The zero-order valence-electron chi connectivity index (χ0n) is 19.7. The van der Waals surface area contributed by atoms with E-state index in [1.54, 1.807) is 11.0 Å². The normalized spacial score (nSPS) is 11.2. The van der Waals surface area contributed by atoms with Gasteiger partial charge >= 0.3 is 0 Å². The van der Waals surface area contributed by atoms with Crippen LogP contribution in [0.3, 0.4) is 0 Å². The molecule has 7 heteroatoms. The molecule has 0 spiro atoms. The Morgan fingerprint density at radius 3 is 2.42 bits per heavy atom. The number of carbonyl (C=O) groups excluding carboxylic acids is 2. The average Bonchev–Trinajstić information content (AvgIpc) is 3.44. The zero-order valence-corrected chi connectivity index (χ0v) is 21.3. The summed E-state index contributed by atoms with van der Waals surface area (Å²) in [6, 6.07) is 15.4. The Morgan fingerprint density at radius 2 is 1.79 bits per heavy atom. The number of nitrogens with zero attached hydrogens (tertiary/aromatic N) is 3. The molecule has 33 heavy (non-hydrogen) atoms. The molecule has 3 aromatic rings. The molecule has 0 aliphatic carbocycles. The Hall–Kier alpha value is -2.57. The van der Waals surface area contributed by atoms with E-state index in [1.807, 2.05) is 72.8 Å². The molecule has 2 amide bonds. The predicted molar refractivity (Wildman–Crippen MR) is 136 cm³/mol. The molecule has 5 nitrogen and oxygen atoms in total. The van der Waals surface area contributed by atoms with E-state index in [4.69, 9.17) is 11.6 Å². The summed E-state index contributed by atoms with van der Waals surface area (Å²) in [6.45, 7) is 9.89. The molecule has 2 heterocycles. The first-order valence-corrected chi connectivity index (χ1v) is 12.5. The van der Waals surface area contributed by atoms with Crippen LogP contribution in [0.2, 0.25) is 5.02 Å². The summed E-state index contributed by atoms with van der Waals surface area (Å²) >= 11 is 7.76. The van der Waals surface area contributed by atoms with Crippen molar-refractivity contribution in [3.63, 3.8) is 0 Å². The molecule has 2 aromatic heterocycles. The quantitative estimate of drug-likeness (QED) is 0.365. The van der Waals surface area contributed by atoms with Crippen molar-refractivity contribution in [2.75, 3.05) is 13.1 Å². The Labute approximate surface area is 205 Å². The summed E-state index contributed by atoms with van der Waals surface area (Å²) < 4.78 is 2.12. The second-order valence-corrected chi connectivity index (χ2v) is 10.2. The van der Waals surface area contributed by atoms with Crippen molar-refractivity contribution in [2.24, 2.45) is 5.92 Å². The molecule has 3 rings (SSSR count). The van der Waals surface area contributed by atoms with Crippen LogP contribution in [-0.2, 0) is 17.9 Å². The zero-order chi connectivity index (χ0) is 24.0. The molecule has 0 aliphatic rings. The van der Waals surface area contributed by atoms with Gasteiger partial charge in [0.05, 0.1) is 11.4 Å². The molecular formula is C26H32ClN3O2S. The number of hydrogen-bond donors (Lipinski definition) is 0. The van der Waals surface area contributed by atoms with Gasteiger partial charge in [-0.1, -0.05) is 49.7 Å². The van der Waals surface area contributed by atoms with Gasteiger partial charge in [-0.2, -0.15) is 0 Å². The van der Waals surface area contributed by atoms with Gasteiger partial charge in [0.15, 0.2) is 0 Å². The lowest BCUT2D eigenvalue weighted by molar-refractivity contribution is -0.133. The van der Waals surface area contributed by atoms with E-state index in [2.05, 4.69) is 18.4 Å². The van der Waals surface area contributed by atoms with E-state index >= 15 is 0 Å². The van der Waals surface area contributed by atoms with Crippen LogP contribution in [0.1, 0.15) is 48.6 Å². The van der Waals surface area contributed by atoms with Crippen molar-refractivity contribution < 1.29 is 9.59 Å². The lowest BCUT2D eigenvalue weighted by Gasteiger charge is -2.31. The summed E-state index contributed by atoms with van der Waals surface area (Å²) in [5, 5.41) is 2.61. The summed E-state index contributed by atoms with van der Waals surface area (Å²) in [5.74, 6) is 0.161. The second-order valence-electron chi connectivity index (χ2n) is 8.89.